The van der Waals surface area contributed by atoms with Crippen LogP contribution in [0.4, 0.5) is 0 Å². The second-order valence-electron chi connectivity index (χ2n) is 4.71. The van der Waals surface area contributed by atoms with Gasteiger partial charge in [0.1, 0.15) is 0 Å². The van der Waals surface area contributed by atoms with Crippen molar-refractivity contribution in [1.82, 2.24) is 4.31 Å². The van der Waals surface area contributed by atoms with Crippen LogP contribution >= 0.6 is 0 Å². The van der Waals surface area contributed by atoms with Gasteiger partial charge in [-0.05, 0) is 38.5 Å². The first kappa shape index (κ1) is 16.2. The Morgan fingerprint density at radius 1 is 1.30 bits per heavy atom. The molecule has 0 aromatic heterocycles. The molecule has 0 fully saturated rings. The maximum Gasteiger partial charge on any atom is 0.243 e. The van der Waals surface area contributed by atoms with Crippen LogP contribution in [0.1, 0.15) is 31.4 Å². The number of benzene rings is 1. The highest BCUT2D eigenvalue weighted by Gasteiger charge is 2.28. The largest absolute Gasteiger partial charge is 0.243 e. The van der Waals surface area contributed by atoms with E-state index in [9.17, 15) is 8.42 Å². The van der Waals surface area contributed by atoms with E-state index in [1.54, 1.807) is 32.9 Å². The fourth-order valence-electron chi connectivity index (χ4n) is 1.89. The van der Waals surface area contributed by atoms with Gasteiger partial charge in [0.25, 0.3) is 0 Å². The molecule has 1 aromatic rings. The van der Waals surface area contributed by atoms with E-state index in [1.165, 1.54) is 10.4 Å². The van der Waals surface area contributed by atoms with E-state index in [1.807, 2.05) is 12.1 Å². The van der Waals surface area contributed by atoms with Gasteiger partial charge in [0.2, 0.25) is 10.0 Å². The van der Waals surface area contributed by atoms with Crippen LogP contribution in [0.15, 0.2) is 23.1 Å². The lowest BCUT2D eigenvalue weighted by atomic mass is 10.2. The van der Waals surface area contributed by atoms with Crippen molar-refractivity contribution in [2.75, 3.05) is 6.54 Å². The fraction of sp³-hybridized carbons (Fsp3) is 0.429. The zero-order valence-corrected chi connectivity index (χ0v) is 12.6. The summed E-state index contributed by atoms with van der Waals surface area (Å²) in [5.74, 6) is 0. The summed E-state index contributed by atoms with van der Waals surface area (Å²) in [5, 5.41) is 17.6. The molecule has 20 heavy (non-hydrogen) atoms. The van der Waals surface area contributed by atoms with Gasteiger partial charge >= 0.3 is 0 Å². The molecule has 0 saturated carbocycles. The average molecular weight is 291 g/mol. The number of nitrogens with zero attached hydrogens (tertiary/aromatic N) is 3. The summed E-state index contributed by atoms with van der Waals surface area (Å²) in [5.41, 5.74) is 0.893. The summed E-state index contributed by atoms with van der Waals surface area (Å²) < 4.78 is 26.6. The van der Waals surface area contributed by atoms with Gasteiger partial charge in [-0.1, -0.05) is 6.07 Å². The average Bonchev–Trinajstić information content (AvgIpc) is 2.38. The molecule has 0 heterocycles. The summed E-state index contributed by atoms with van der Waals surface area (Å²) in [7, 11) is -3.70. The van der Waals surface area contributed by atoms with E-state index in [-0.39, 0.29) is 23.9 Å². The van der Waals surface area contributed by atoms with Gasteiger partial charge in [0.15, 0.2) is 0 Å². The van der Waals surface area contributed by atoms with E-state index in [0.29, 0.717) is 11.1 Å². The quantitative estimate of drug-likeness (QED) is 0.832. The SMILES string of the molecule is Cc1ccc(C#N)cc1S(=O)(=O)N(CCC#N)C(C)C. The molecule has 5 nitrogen and oxygen atoms in total. The van der Waals surface area contributed by atoms with E-state index in [0.717, 1.165) is 0 Å². The van der Waals surface area contributed by atoms with Crippen LogP contribution in [0.3, 0.4) is 0 Å². The normalized spacial score (nSPS) is 11.3. The summed E-state index contributed by atoms with van der Waals surface area (Å²) in [6.45, 7) is 5.36. The van der Waals surface area contributed by atoms with Crippen LogP contribution in [0.2, 0.25) is 0 Å². The molecule has 0 atom stereocenters. The van der Waals surface area contributed by atoms with Gasteiger partial charge < -0.3 is 0 Å². The molecule has 0 aliphatic carbocycles. The van der Waals surface area contributed by atoms with Crippen LogP contribution in [-0.2, 0) is 10.0 Å². The number of nitriles is 2. The number of aryl methyl sites for hydroxylation is 1. The van der Waals surface area contributed by atoms with Crippen molar-refractivity contribution < 1.29 is 8.42 Å². The standard InChI is InChI=1S/C14H17N3O2S/c1-11(2)17(8-4-7-15)20(18,19)14-9-13(10-16)6-5-12(14)3/h5-6,9,11H,4,8H2,1-3H3. The maximum absolute atomic E-state index is 12.7. The highest BCUT2D eigenvalue weighted by atomic mass is 32.2. The second-order valence-corrected chi connectivity index (χ2v) is 6.57. The molecule has 0 aliphatic heterocycles. The maximum atomic E-state index is 12.7. The first-order valence-corrected chi connectivity index (χ1v) is 7.68. The molecule has 1 rings (SSSR count). The predicted molar refractivity (Wildman–Crippen MR) is 75.2 cm³/mol. The lowest BCUT2D eigenvalue weighted by molar-refractivity contribution is 0.360. The van der Waals surface area contributed by atoms with Crippen molar-refractivity contribution in [2.45, 2.75) is 38.1 Å². The Kier molecular flexibility index (Phi) is 5.26. The van der Waals surface area contributed by atoms with Crippen molar-refractivity contribution >= 4 is 10.0 Å². The monoisotopic (exact) mass is 291 g/mol. The molecule has 0 spiro atoms. The third-order valence-electron chi connectivity index (χ3n) is 2.92. The molecule has 0 bridgehead atoms. The number of sulfonamides is 1. The van der Waals surface area contributed by atoms with E-state index >= 15 is 0 Å². The molecule has 0 saturated heterocycles. The molecule has 0 aliphatic rings. The minimum Gasteiger partial charge on any atom is -0.207 e. The molecule has 0 radical (unpaired) electrons. The summed E-state index contributed by atoms with van der Waals surface area (Å²) in [6, 6.07) is 8.23. The zero-order chi connectivity index (χ0) is 15.3. The minimum atomic E-state index is -3.70. The van der Waals surface area contributed by atoms with Crippen molar-refractivity contribution in [1.29, 1.82) is 10.5 Å². The highest BCUT2D eigenvalue weighted by molar-refractivity contribution is 7.89. The Bertz CT molecular complexity index is 667. The van der Waals surface area contributed by atoms with Crippen LogP contribution in [0.5, 0.6) is 0 Å². The Hall–Kier alpha value is -1.89. The molecule has 106 valence electrons. The predicted octanol–water partition coefficient (Wildman–Crippen LogP) is 2.18. The number of hydrogen-bond acceptors (Lipinski definition) is 4. The lowest BCUT2D eigenvalue weighted by Gasteiger charge is -2.25. The first-order chi connectivity index (χ1) is 9.34. The molecule has 6 heteroatoms. The van der Waals surface area contributed by atoms with Crippen LogP contribution in [-0.4, -0.2) is 25.3 Å². The van der Waals surface area contributed by atoms with E-state index in [2.05, 4.69) is 0 Å². The molecular formula is C14H17N3O2S. The van der Waals surface area contributed by atoms with E-state index in [4.69, 9.17) is 10.5 Å². The molecule has 0 amide bonds. The minimum absolute atomic E-state index is 0.128. The Morgan fingerprint density at radius 3 is 2.45 bits per heavy atom. The van der Waals surface area contributed by atoms with Gasteiger partial charge in [0.05, 0.1) is 22.6 Å². The Morgan fingerprint density at radius 2 is 1.95 bits per heavy atom. The molecular weight excluding hydrogens is 274 g/mol. The van der Waals surface area contributed by atoms with Crippen LogP contribution < -0.4 is 0 Å². The zero-order valence-electron chi connectivity index (χ0n) is 11.8. The van der Waals surface area contributed by atoms with Gasteiger partial charge in [-0.15, -0.1) is 0 Å². The fourth-order valence-corrected chi connectivity index (χ4v) is 3.78. The van der Waals surface area contributed by atoms with Crippen molar-refractivity contribution in [2.24, 2.45) is 0 Å². The molecule has 1 aromatic carbocycles. The van der Waals surface area contributed by atoms with Crippen molar-refractivity contribution in [3.8, 4) is 12.1 Å². The van der Waals surface area contributed by atoms with Crippen LogP contribution in [0.25, 0.3) is 0 Å². The Balaban J connectivity index is 3.34. The van der Waals surface area contributed by atoms with Crippen molar-refractivity contribution in [3.05, 3.63) is 29.3 Å². The summed E-state index contributed by atoms with van der Waals surface area (Å²) in [6.07, 6.45) is 0.133. The van der Waals surface area contributed by atoms with Gasteiger partial charge in [0, 0.05) is 19.0 Å². The molecule has 0 unspecified atom stereocenters. The van der Waals surface area contributed by atoms with Crippen LogP contribution in [0, 0.1) is 29.6 Å². The summed E-state index contributed by atoms with van der Waals surface area (Å²) >= 11 is 0. The topological polar surface area (TPSA) is 85.0 Å². The van der Waals surface area contributed by atoms with Crippen molar-refractivity contribution in [3.63, 3.8) is 0 Å². The number of rotatable bonds is 5. The van der Waals surface area contributed by atoms with Gasteiger partial charge in [-0.2, -0.15) is 14.8 Å². The lowest BCUT2D eigenvalue weighted by Crippen LogP contribution is -2.38. The second kappa shape index (κ2) is 6.51. The third kappa shape index (κ3) is 3.36. The van der Waals surface area contributed by atoms with Gasteiger partial charge in [-0.25, -0.2) is 8.42 Å². The van der Waals surface area contributed by atoms with Gasteiger partial charge in [-0.3, -0.25) is 0 Å². The Labute approximate surface area is 120 Å². The third-order valence-corrected chi connectivity index (χ3v) is 5.14. The number of hydrogen-bond donors (Lipinski definition) is 0. The first-order valence-electron chi connectivity index (χ1n) is 6.24. The molecule has 0 N–H and O–H groups in total. The highest BCUT2D eigenvalue weighted by Crippen LogP contribution is 2.23. The summed E-state index contributed by atoms with van der Waals surface area (Å²) in [4.78, 5) is 0.128. The smallest absolute Gasteiger partial charge is 0.207 e. The van der Waals surface area contributed by atoms with E-state index < -0.39 is 10.0 Å².